The minimum atomic E-state index is -0.838. The average molecular weight is 259 g/mol. The second-order valence-corrected chi connectivity index (χ2v) is 4.86. The normalized spacial score (nSPS) is 12.3. The van der Waals surface area contributed by atoms with Crippen LogP contribution in [-0.4, -0.2) is 67.2 Å². The summed E-state index contributed by atoms with van der Waals surface area (Å²) in [6, 6.07) is -0.267. The lowest BCUT2D eigenvalue weighted by atomic mass is 10.2. The summed E-state index contributed by atoms with van der Waals surface area (Å²) in [5.41, 5.74) is 0. The van der Waals surface area contributed by atoms with Crippen molar-refractivity contribution >= 4 is 12.0 Å². The first-order valence-electron chi connectivity index (χ1n) is 6.21. The average Bonchev–Trinajstić information content (AvgIpc) is 2.25. The van der Waals surface area contributed by atoms with Crippen LogP contribution in [0.2, 0.25) is 0 Å². The Kier molecular flexibility index (Phi) is 8.11. The molecule has 6 heteroatoms. The first kappa shape index (κ1) is 16.7. The van der Waals surface area contributed by atoms with E-state index < -0.39 is 5.97 Å². The van der Waals surface area contributed by atoms with Gasteiger partial charge in [-0.15, -0.1) is 0 Å². The van der Waals surface area contributed by atoms with E-state index in [-0.39, 0.29) is 18.5 Å². The number of carbonyl (C=O) groups excluding carboxylic acids is 1. The van der Waals surface area contributed by atoms with Gasteiger partial charge in [0.25, 0.3) is 0 Å². The molecule has 18 heavy (non-hydrogen) atoms. The maximum absolute atomic E-state index is 11.7. The summed E-state index contributed by atoms with van der Waals surface area (Å²) in [7, 11) is 5.73. The van der Waals surface area contributed by atoms with Gasteiger partial charge >= 0.3 is 12.0 Å². The van der Waals surface area contributed by atoms with E-state index in [0.29, 0.717) is 13.0 Å². The number of hydrogen-bond acceptors (Lipinski definition) is 3. The van der Waals surface area contributed by atoms with Crippen LogP contribution in [0.25, 0.3) is 0 Å². The van der Waals surface area contributed by atoms with E-state index in [0.717, 1.165) is 13.0 Å². The molecule has 1 unspecified atom stereocenters. The highest BCUT2D eigenvalue weighted by molar-refractivity contribution is 5.74. The maximum Gasteiger partial charge on any atom is 0.317 e. The molecule has 0 aromatic rings. The largest absolute Gasteiger partial charge is 0.481 e. The van der Waals surface area contributed by atoms with Crippen LogP contribution in [0.4, 0.5) is 4.79 Å². The number of urea groups is 1. The van der Waals surface area contributed by atoms with Gasteiger partial charge in [-0.3, -0.25) is 4.79 Å². The third-order valence-corrected chi connectivity index (χ3v) is 2.61. The topological polar surface area (TPSA) is 72.9 Å². The summed E-state index contributed by atoms with van der Waals surface area (Å²) in [6.07, 6.45) is 1.44. The first-order chi connectivity index (χ1) is 8.32. The number of rotatable bonds is 8. The number of carboxylic acids is 1. The number of hydrogen-bond donors (Lipinski definition) is 2. The molecule has 106 valence electrons. The monoisotopic (exact) mass is 259 g/mol. The Balaban J connectivity index is 3.81. The van der Waals surface area contributed by atoms with E-state index in [1.165, 1.54) is 0 Å². The van der Waals surface area contributed by atoms with Crippen molar-refractivity contribution in [2.45, 2.75) is 32.2 Å². The fraction of sp³-hybridized carbons (Fsp3) is 0.833. The zero-order chi connectivity index (χ0) is 14.1. The van der Waals surface area contributed by atoms with Gasteiger partial charge in [-0.1, -0.05) is 0 Å². The minimum Gasteiger partial charge on any atom is -0.481 e. The molecule has 0 heterocycles. The minimum absolute atomic E-state index is 0.0752. The van der Waals surface area contributed by atoms with Crippen molar-refractivity contribution in [3.8, 4) is 0 Å². The number of carboxylic acid groups (broad SMARTS) is 1. The van der Waals surface area contributed by atoms with Crippen molar-refractivity contribution < 1.29 is 14.7 Å². The Hall–Kier alpha value is -1.30. The van der Waals surface area contributed by atoms with E-state index >= 15 is 0 Å². The zero-order valence-electron chi connectivity index (χ0n) is 11.8. The second-order valence-electron chi connectivity index (χ2n) is 4.86. The number of nitrogens with zero attached hydrogens (tertiary/aromatic N) is 2. The third-order valence-electron chi connectivity index (χ3n) is 2.61. The summed E-state index contributed by atoms with van der Waals surface area (Å²) in [5.74, 6) is -0.838. The number of aliphatic carboxylic acids is 1. The highest BCUT2D eigenvalue weighted by Gasteiger charge is 2.12. The molecule has 0 radical (unpaired) electrons. The van der Waals surface area contributed by atoms with E-state index in [1.807, 2.05) is 21.0 Å². The Bertz CT molecular complexity index is 269. The molecule has 0 aliphatic carbocycles. The van der Waals surface area contributed by atoms with Crippen LogP contribution in [0.5, 0.6) is 0 Å². The molecule has 0 saturated carbocycles. The molecule has 1 atom stereocenters. The first-order valence-corrected chi connectivity index (χ1v) is 6.21. The third kappa shape index (κ3) is 8.81. The van der Waals surface area contributed by atoms with Crippen LogP contribution in [-0.2, 0) is 4.79 Å². The van der Waals surface area contributed by atoms with Crippen LogP contribution < -0.4 is 5.32 Å². The van der Waals surface area contributed by atoms with Crippen LogP contribution in [0.3, 0.4) is 0 Å². The fourth-order valence-electron chi connectivity index (χ4n) is 1.46. The summed E-state index contributed by atoms with van der Waals surface area (Å²) >= 11 is 0. The molecule has 0 aliphatic rings. The van der Waals surface area contributed by atoms with Gasteiger partial charge in [-0.25, -0.2) is 4.79 Å². The lowest BCUT2D eigenvalue weighted by Gasteiger charge is -2.21. The van der Waals surface area contributed by atoms with Gasteiger partial charge in [0.05, 0.1) is 0 Å². The van der Waals surface area contributed by atoms with E-state index in [2.05, 4.69) is 10.2 Å². The lowest BCUT2D eigenvalue weighted by Crippen LogP contribution is -2.42. The van der Waals surface area contributed by atoms with E-state index in [4.69, 9.17) is 5.11 Å². The predicted molar refractivity (Wildman–Crippen MR) is 70.7 cm³/mol. The summed E-state index contributed by atoms with van der Waals surface area (Å²) < 4.78 is 0. The van der Waals surface area contributed by atoms with Crippen molar-refractivity contribution in [3.05, 3.63) is 0 Å². The van der Waals surface area contributed by atoms with Gasteiger partial charge in [0.1, 0.15) is 0 Å². The molecule has 2 N–H and O–H groups in total. The molecule has 0 saturated heterocycles. The zero-order valence-corrected chi connectivity index (χ0v) is 11.8. The van der Waals surface area contributed by atoms with Gasteiger partial charge < -0.3 is 20.2 Å². The lowest BCUT2D eigenvalue weighted by molar-refractivity contribution is -0.137. The van der Waals surface area contributed by atoms with E-state index in [1.54, 1.807) is 11.9 Å². The number of carbonyl (C=O) groups is 2. The summed E-state index contributed by atoms with van der Waals surface area (Å²) in [6.45, 7) is 3.44. The van der Waals surface area contributed by atoms with Crippen LogP contribution in [0.15, 0.2) is 0 Å². The molecule has 0 rings (SSSR count). The smallest absolute Gasteiger partial charge is 0.317 e. The number of amides is 2. The molecular formula is C12H25N3O3. The molecule has 0 aliphatic heterocycles. The van der Waals surface area contributed by atoms with Crippen molar-refractivity contribution in [1.82, 2.24) is 15.1 Å². The van der Waals surface area contributed by atoms with Gasteiger partial charge in [-0.2, -0.15) is 0 Å². The van der Waals surface area contributed by atoms with Crippen LogP contribution >= 0.6 is 0 Å². The molecule has 2 amide bonds. The molecule has 0 aromatic carbocycles. The van der Waals surface area contributed by atoms with Crippen LogP contribution in [0, 0.1) is 0 Å². The second kappa shape index (κ2) is 8.74. The molecule has 6 nitrogen and oxygen atoms in total. The highest BCUT2D eigenvalue weighted by Crippen LogP contribution is 1.98. The standard InChI is InChI=1S/C12H25N3O3/c1-10(6-7-11(16)17)13-12(18)15(4)9-5-8-14(2)3/h10H,5-9H2,1-4H3,(H,13,18)(H,16,17). The maximum atomic E-state index is 11.7. The number of nitrogens with one attached hydrogen (secondary N) is 1. The Morgan fingerprint density at radius 1 is 1.22 bits per heavy atom. The van der Waals surface area contributed by atoms with Gasteiger partial charge in [0, 0.05) is 26.1 Å². The van der Waals surface area contributed by atoms with Crippen molar-refractivity contribution in [2.75, 3.05) is 34.2 Å². The van der Waals surface area contributed by atoms with Gasteiger partial charge in [0.2, 0.25) is 0 Å². The molecule has 0 spiro atoms. The highest BCUT2D eigenvalue weighted by atomic mass is 16.4. The van der Waals surface area contributed by atoms with Crippen LogP contribution in [0.1, 0.15) is 26.2 Å². The van der Waals surface area contributed by atoms with Crippen molar-refractivity contribution in [3.63, 3.8) is 0 Å². The predicted octanol–water partition coefficient (Wildman–Crippen LogP) is 0.833. The molecular weight excluding hydrogens is 234 g/mol. The van der Waals surface area contributed by atoms with Crippen molar-refractivity contribution in [2.24, 2.45) is 0 Å². The Morgan fingerprint density at radius 2 is 1.83 bits per heavy atom. The molecule has 0 aromatic heterocycles. The van der Waals surface area contributed by atoms with E-state index in [9.17, 15) is 9.59 Å². The fourth-order valence-corrected chi connectivity index (χ4v) is 1.46. The van der Waals surface area contributed by atoms with Crippen molar-refractivity contribution in [1.29, 1.82) is 0 Å². The summed E-state index contributed by atoms with van der Waals surface area (Å²) in [4.78, 5) is 25.8. The Labute approximate surface area is 109 Å². The van der Waals surface area contributed by atoms with Gasteiger partial charge in [0.15, 0.2) is 0 Å². The quantitative estimate of drug-likeness (QED) is 0.677. The summed E-state index contributed by atoms with van der Waals surface area (Å²) in [5, 5.41) is 11.3. The SMILES string of the molecule is CC(CCC(=O)O)NC(=O)N(C)CCCN(C)C. The molecule has 0 fully saturated rings. The Morgan fingerprint density at radius 3 is 2.33 bits per heavy atom. The van der Waals surface area contributed by atoms with Gasteiger partial charge in [-0.05, 0) is 40.4 Å². The molecule has 0 bridgehead atoms.